The average Bonchev–Trinajstić information content (AvgIpc) is 2.68. The number of Topliss-reactive ketones (excluding diaryl/α,β-unsaturated/α-hetero) is 2. The summed E-state index contributed by atoms with van der Waals surface area (Å²) < 4.78 is 0. The first-order chi connectivity index (χ1) is 9.00. The molecule has 0 saturated carbocycles. The van der Waals surface area contributed by atoms with Crippen LogP contribution in [0.15, 0.2) is 4.79 Å². The van der Waals surface area contributed by atoms with E-state index in [0.717, 1.165) is 12.0 Å². The van der Waals surface area contributed by atoms with E-state index in [1.165, 1.54) is 18.3 Å². The predicted molar refractivity (Wildman–Crippen MR) is 71.4 cm³/mol. The molecule has 0 spiro atoms. The number of aromatic hydroxyl groups is 1. The number of ketones is 2. The molecule has 0 bridgehead atoms. The summed E-state index contributed by atoms with van der Waals surface area (Å²) in [6.45, 7) is 1.24. The number of thiophene rings is 1. The van der Waals surface area contributed by atoms with Crippen LogP contribution in [0, 0.1) is 0 Å². The van der Waals surface area contributed by atoms with Crippen molar-refractivity contribution >= 4 is 33.1 Å². The maximum Gasteiger partial charge on any atom is 0.263 e. The summed E-state index contributed by atoms with van der Waals surface area (Å²) in [7, 11) is 0. The smallest absolute Gasteiger partial charge is 0.263 e. The summed E-state index contributed by atoms with van der Waals surface area (Å²) in [6, 6.07) is 0. The van der Waals surface area contributed by atoms with Gasteiger partial charge >= 0.3 is 0 Å². The van der Waals surface area contributed by atoms with Gasteiger partial charge in [-0.15, -0.1) is 11.3 Å². The van der Waals surface area contributed by atoms with Crippen molar-refractivity contribution in [3.8, 4) is 5.75 Å². The van der Waals surface area contributed by atoms with Crippen LogP contribution in [0.25, 0.3) is 10.2 Å². The maximum absolute atomic E-state index is 11.8. The Hall–Kier alpha value is -1.95. The van der Waals surface area contributed by atoms with Crippen LogP contribution in [0.1, 0.15) is 45.4 Å². The highest BCUT2D eigenvalue weighted by Crippen LogP contribution is 2.39. The second-order valence-corrected chi connectivity index (χ2v) is 5.65. The molecule has 1 aliphatic carbocycles. The number of aromatic amines is 1. The molecule has 19 heavy (non-hydrogen) atoms. The Balaban J connectivity index is 2.46. The van der Waals surface area contributed by atoms with E-state index < -0.39 is 11.3 Å². The number of pyridine rings is 1. The van der Waals surface area contributed by atoms with Gasteiger partial charge in [0.05, 0.1) is 10.3 Å². The molecular formula is C13H11NO4S. The Morgan fingerprint density at radius 3 is 2.74 bits per heavy atom. The van der Waals surface area contributed by atoms with Crippen molar-refractivity contribution in [2.45, 2.75) is 26.2 Å². The highest BCUT2D eigenvalue weighted by atomic mass is 32.1. The predicted octanol–water partition coefficient (Wildman–Crippen LogP) is 2.02. The standard InChI is InChI=1S/C13H11NO4S/c1-5(15)8-10(17)9-6-3-2-4-7(16)11(6)19-13(9)14-12(8)18/h2-4H2,1H3,(H2,14,17,18). The summed E-state index contributed by atoms with van der Waals surface area (Å²) in [4.78, 5) is 38.7. The van der Waals surface area contributed by atoms with Gasteiger partial charge in [-0.2, -0.15) is 0 Å². The minimum absolute atomic E-state index is 0.0343. The fourth-order valence-corrected chi connectivity index (χ4v) is 3.74. The molecule has 6 heteroatoms. The Morgan fingerprint density at radius 1 is 1.32 bits per heavy atom. The first-order valence-corrected chi connectivity index (χ1v) is 6.77. The molecule has 0 saturated heterocycles. The SMILES string of the molecule is CC(=O)c1c(O)c2c3c(sc2[nH]c1=O)C(=O)CCC3. The van der Waals surface area contributed by atoms with E-state index in [-0.39, 0.29) is 17.1 Å². The Bertz CT molecular complexity index is 784. The normalized spacial score (nSPS) is 14.7. The number of aryl methyl sites for hydroxylation is 1. The molecule has 2 aromatic heterocycles. The summed E-state index contributed by atoms with van der Waals surface area (Å²) in [5, 5.41) is 10.6. The molecule has 2 heterocycles. The molecule has 0 atom stereocenters. The maximum atomic E-state index is 11.8. The van der Waals surface area contributed by atoms with Crippen molar-refractivity contribution in [3.05, 3.63) is 26.4 Å². The lowest BCUT2D eigenvalue weighted by molar-refractivity contribution is 0.0975. The Morgan fingerprint density at radius 2 is 2.05 bits per heavy atom. The van der Waals surface area contributed by atoms with Gasteiger partial charge in [-0.05, 0) is 25.3 Å². The molecule has 5 nitrogen and oxygen atoms in total. The molecule has 0 amide bonds. The fraction of sp³-hybridized carbons (Fsp3) is 0.308. The molecule has 0 fully saturated rings. The molecule has 1 aliphatic rings. The van der Waals surface area contributed by atoms with E-state index in [2.05, 4.69) is 4.98 Å². The third-order valence-electron chi connectivity index (χ3n) is 3.37. The molecule has 0 unspecified atom stereocenters. The van der Waals surface area contributed by atoms with Gasteiger partial charge in [-0.3, -0.25) is 14.4 Å². The summed E-state index contributed by atoms with van der Waals surface area (Å²) in [5.74, 6) is -0.742. The summed E-state index contributed by atoms with van der Waals surface area (Å²) in [5.41, 5.74) is -0.0813. The molecule has 2 aromatic rings. The highest BCUT2D eigenvalue weighted by molar-refractivity contribution is 7.20. The largest absolute Gasteiger partial charge is 0.506 e. The average molecular weight is 277 g/mol. The highest BCUT2D eigenvalue weighted by Gasteiger charge is 2.27. The quantitative estimate of drug-likeness (QED) is 0.781. The van der Waals surface area contributed by atoms with Gasteiger partial charge < -0.3 is 10.1 Å². The zero-order valence-corrected chi connectivity index (χ0v) is 11.0. The number of hydrogen-bond acceptors (Lipinski definition) is 5. The van der Waals surface area contributed by atoms with Crippen LogP contribution in [0.4, 0.5) is 0 Å². The Labute approximate surface area is 111 Å². The van der Waals surface area contributed by atoms with Crippen LogP contribution >= 0.6 is 11.3 Å². The van der Waals surface area contributed by atoms with Crippen molar-refractivity contribution in [1.29, 1.82) is 0 Å². The van der Waals surface area contributed by atoms with Crippen molar-refractivity contribution in [2.24, 2.45) is 0 Å². The summed E-state index contributed by atoms with van der Waals surface area (Å²) >= 11 is 1.18. The number of rotatable bonds is 1. The zero-order chi connectivity index (χ0) is 13.7. The van der Waals surface area contributed by atoms with Crippen LogP contribution in [0.5, 0.6) is 5.75 Å². The van der Waals surface area contributed by atoms with E-state index in [1.54, 1.807) is 0 Å². The van der Waals surface area contributed by atoms with Crippen LogP contribution in [0.2, 0.25) is 0 Å². The van der Waals surface area contributed by atoms with Crippen molar-refractivity contribution in [2.75, 3.05) is 0 Å². The van der Waals surface area contributed by atoms with Gasteiger partial charge in [0.1, 0.15) is 16.1 Å². The van der Waals surface area contributed by atoms with Crippen LogP contribution < -0.4 is 5.56 Å². The van der Waals surface area contributed by atoms with Gasteiger partial charge in [0.25, 0.3) is 5.56 Å². The lowest BCUT2D eigenvalue weighted by Gasteiger charge is -2.10. The second kappa shape index (κ2) is 4.03. The zero-order valence-electron chi connectivity index (χ0n) is 10.2. The van der Waals surface area contributed by atoms with Crippen LogP contribution in [-0.2, 0) is 6.42 Å². The molecular weight excluding hydrogens is 266 g/mol. The third kappa shape index (κ3) is 1.63. The fourth-order valence-electron chi connectivity index (χ4n) is 2.53. The monoisotopic (exact) mass is 277 g/mol. The number of carbonyl (C=O) groups excluding carboxylic acids is 2. The van der Waals surface area contributed by atoms with Crippen molar-refractivity contribution in [1.82, 2.24) is 4.98 Å². The number of aromatic nitrogens is 1. The topological polar surface area (TPSA) is 87.2 Å². The number of nitrogens with one attached hydrogen (secondary N) is 1. The Kier molecular flexibility index (Phi) is 2.56. The minimum Gasteiger partial charge on any atom is -0.506 e. The van der Waals surface area contributed by atoms with E-state index in [1.807, 2.05) is 0 Å². The second-order valence-electron chi connectivity index (χ2n) is 4.62. The van der Waals surface area contributed by atoms with E-state index >= 15 is 0 Å². The van der Waals surface area contributed by atoms with Gasteiger partial charge in [0, 0.05) is 6.42 Å². The first kappa shape index (κ1) is 12.1. The molecule has 0 aromatic carbocycles. The molecule has 98 valence electrons. The number of H-pyrrole nitrogens is 1. The molecule has 2 N–H and O–H groups in total. The summed E-state index contributed by atoms with van der Waals surface area (Å²) in [6.07, 6.45) is 1.90. The first-order valence-electron chi connectivity index (χ1n) is 5.95. The number of carbonyl (C=O) groups is 2. The van der Waals surface area contributed by atoms with Crippen LogP contribution in [-0.4, -0.2) is 21.7 Å². The minimum atomic E-state index is -0.608. The number of hydrogen-bond donors (Lipinski definition) is 2. The molecule has 3 rings (SSSR count). The van der Waals surface area contributed by atoms with Crippen LogP contribution in [0.3, 0.4) is 0 Å². The van der Waals surface area contributed by atoms with Gasteiger partial charge in [0.15, 0.2) is 11.6 Å². The van der Waals surface area contributed by atoms with Crippen molar-refractivity contribution < 1.29 is 14.7 Å². The van der Waals surface area contributed by atoms with Gasteiger partial charge in [0.2, 0.25) is 0 Å². The van der Waals surface area contributed by atoms with Gasteiger partial charge in [-0.1, -0.05) is 0 Å². The lowest BCUT2D eigenvalue weighted by Crippen LogP contribution is -2.16. The van der Waals surface area contributed by atoms with E-state index in [9.17, 15) is 19.5 Å². The van der Waals surface area contributed by atoms with E-state index in [0.29, 0.717) is 27.9 Å². The van der Waals surface area contributed by atoms with Crippen molar-refractivity contribution in [3.63, 3.8) is 0 Å². The number of fused-ring (bicyclic) bond motifs is 3. The molecule has 0 radical (unpaired) electrons. The van der Waals surface area contributed by atoms with Gasteiger partial charge in [-0.25, -0.2) is 0 Å². The molecule has 0 aliphatic heterocycles. The third-order valence-corrected chi connectivity index (χ3v) is 4.56. The van der Waals surface area contributed by atoms with E-state index in [4.69, 9.17) is 0 Å². The lowest BCUT2D eigenvalue weighted by atomic mass is 9.95.